The standard InChI is InChI=1S/C19H21ClN2OS2/c20-16-6-1-2-7-17(16)24-12-5-13-25-18-9-8-15(14-21-18)19(23)22-10-3-4-11-22/h1-2,6-9,14H,3-5,10-13H2. The molecule has 6 heteroatoms. The van der Waals surface area contributed by atoms with Crippen LogP contribution in [0.5, 0.6) is 0 Å². The molecule has 0 atom stereocenters. The summed E-state index contributed by atoms with van der Waals surface area (Å²) in [5.41, 5.74) is 0.695. The summed E-state index contributed by atoms with van der Waals surface area (Å²) >= 11 is 9.67. The van der Waals surface area contributed by atoms with Crippen LogP contribution >= 0.6 is 35.1 Å². The molecule has 25 heavy (non-hydrogen) atoms. The van der Waals surface area contributed by atoms with Gasteiger partial charge in [-0.05, 0) is 49.3 Å². The summed E-state index contributed by atoms with van der Waals surface area (Å²) in [4.78, 5) is 19.8. The summed E-state index contributed by atoms with van der Waals surface area (Å²) in [7, 11) is 0. The molecule has 1 aliphatic heterocycles. The Morgan fingerprint density at radius 1 is 1.08 bits per heavy atom. The molecule has 0 unspecified atom stereocenters. The van der Waals surface area contributed by atoms with Gasteiger partial charge in [0.05, 0.1) is 15.6 Å². The highest BCUT2D eigenvalue weighted by molar-refractivity contribution is 8.00. The summed E-state index contributed by atoms with van der Waals surface area (Å²) < 4.78 is 0. The number of hydrogen-bond acceptors (Lipinski definition) is 4. The van der Waals surface area contributed by atoms with Crippen LogP contribution in [-0.2, 0) is 0 Å². The quantitative estimate of drug-likeness (QED) is 0.476. The van der Waals surface area contributed by atoms with Crippen LogP contribution in [0.4, 0.5) is 0 Å². The lowest BCUT2D eigenvalue weighted by atomic mass is 10.2. The minimum Gasteiger partial charge on any atom is -0.339 e. The topological polar surface area (TPSA) is 33.2 Å². The Balaban J connectivity index is 1.40. The fourth-order valence-electron chi connectivity index (χ4n) is 2.67. The third-order valence-electron chi connectivity index (χ3n) is 4.01. The van der Waals surface area contributed by atoms with Crippen LogP contribution in [0.2, 0.25) is 5.02 Å². The number of hydrogen-bond donors (Lipinski definition) is 0. The number of amides is 1. The van der Waals surface area contributed by atoms with Crippen molar-refractivity contribution >= 4 is 41.0 Å². The van der Waals surface area contributed by atoms with E-state index in [1.807, 2.05) is 35.2 Å². The van der Waals surface area contributed by atoms with Crippen LogP contribution in [0, 0.1) is 0 Å². The van der Waals surface area contributed by atoms with Crippen LogP contribution in [0.3, 0.4) is 0 Å². The monoisotopic (exact) mass is 392 g/mol. The van der Waals surface area contributed by atoms with Gasteiger partial charge in [-0.1, -0.05) is 23.7 Å². The number of likely N-dealkylation sites (tertiary alicyclic amines) is 1. The molecule has 0 radical (unpaired) electrons. The summed E-state index contributed by atoms with van der Waals surface area (Å²) in [5.74, 6) is 2.14. The molecular weight excluding hydrogens is 372 g/mol. The molecular formula is C19H21ClN2OS2. The van der Waals surface area contributed by atoms with Crippen molar-refractivity contribution in [3.8, 4) is 0 Å². The Bertz CT molecular complexity index is 703. The van der Waals surface area contributed by atoms with Gasteiger partial charge in [0, 0.05) is 29.9 Å². The molecule has 1 aliphatic rings. The number of benzene rings is 1. The molecule has 0 aliphatic carbocycles. The van der Waals surface area contributed by atoms with Crippen LogP contribution in [0.25, 0.3) is 0 Å². The van der Waals surface area contributed by atoms with Crippen molar-refractivity contribution < 1.29 is 4.79 Å². The van der Waals surface area contributed by atoms with Gasteiger partial charge in [-0.15, -0.1) is 23.5 Å². The Labute approximate surface area is 162 Å². The highest BCUT2D eigenvalue weighted by Crippen LogP contribution is 2.27. The first-order valence-corrected chi connectivity index (χ1v) is 10.8. The molecule has 0 N–H and O–H groups in total. The van der Waals surface area contributed by atoms with Crippen molar-refractivity contribution in [3.05, 3.63) is 53.2 Å². The lowest BCUT2D eigenvalue weighted by Gasteiger charge is -2.14. The molecule has 1 fully saturated rings. The molecule has 0 bridgehead atoms. The summed E-state index contributed by atoms with van der Waals surface area (Å²) in [6.45, 7) is 1.75. The number of aromatic nitrogens is 1. The van der Waals surface area contributed by atoms with Gasteiger partial charge in [-0.25, -0.2) is 4.98 Å². The minimum atomic E-state index is 0.109. The number of halogens is 1. The van der Waals surface area contributed by atoms with E-state index in [0.29, 0.717) is 5.56 Å². The largest absolute Gasteiger partial charge is 0.339 e. The number of carbonyl (C=O) groups is 1. The molecule has 2 aromatic rings. The van der Waals surface area contributed by atoms with Crippen molar-refractivity contribution in [3.63, 3.8) is 0 Å². The fourth-order valence-corrected chi connectivity index (χ4v) is 4.84. The van der Waals surface area contributed by atoms with E-state index in [9.17, 15) is 4.79 Å². The number of rotatable bonds is 7. The van der Waals surface area contributed by atoms with Gasteiger partial charge in [-0.3, -0.25) is 4.79 Å². The first-order chi connectivity index (χ1) is 12.2. The number of nitrogens with zero attached hydrogens (tertiary/aromatic N) is 2. The highest BCUT2D eigenvalue weighted by Gasteiger charge is 2.19. The van der Waals surface area contributed by atoms with Crippen molar-refractivity contribution in [1.82, 2.24) is 9.88 Å². The van der Waals surface area contributed by atoms with E-state index in [1.165, 1.54) is 0 Å². The second kappa shape index (κ2) is 9.51. The SMILES string of the molecule is O=C(c1ccc(SCCCSc2ccccc2Cl)nc1)N1CCCC1. The predicted molar refractivity (Wildman–Crippen MR) is 107 cm³/mol. The summed E-state index contributed by atoms with van der Waals surface area (Å²) in [6, 6.07) is 11.8. The van der Waals surface area contributed by atoms with E-state index in [2.05, 4.69) is 11.1 Å². The molecule has 1 aromatic carbocycles. The molecule has 1 aromatic heterocycles. The van der Waals surface area contributed by atoms with E-state index in [0.717, 1.165) is 58.8 Å². The maximum absolute atomic E-state index is 12.3. The first kappa shape index (κ1) is 18.6. The van der Waals surface area contributed by atoms with E-state index in [1.54, 1.807) is 29.7 Å². The van der Waals surface area contributed by atoms with Gasteiger partial charge < -0.3 is 4.90 Å². The zero-order valence-corrected chi connectivity index (χ0v) is 16.4. The molecule has 2 heterocycles. The van der Waals surface area contributed by atoms with Crippen LogP contribution in [0.15, 0.2) is 52.5 Å². The van der Waals surface area contributed by atoms with E-state index in [4.69, 9.17) is 11.6 Å². The molecule has 0 saturated carbocycles. The van der Waals surface area contributed by atoms with Gasteiger partial charge >= 0.3 is 0 Å². The summed E-state index contributed by atoms with van der Waals surface area (Å²) in [6.07, 6.45) is 5.01. The van der Waals surface area contributed by atoms with E-state index < -0.39 is 0 Å². The zero-order chi connectivity index (χ0) is 17.5. The number of carbonyl (C=O) groups excluding carboxylic acids is 1. The fraction of sp³-hybridized carbons (Fsp3) is 0.368. The normalized spacial score (nSPS) is 14.0. The maximum atomic E-state index is 12.3. The van der Waals surface area contributed by atoms with E-state index >= 15 is 0 Å². The van der Waals surface area contributed by atoms with Crippen molar-refractivity contribution in [2.45, 2.75) is 29.2 Å². The third kappa shape index (κ3) is 5.40. The Hall–Kier alpha value is -1.17. The molecule has 1 saturated heterocycles. The van der Waals surface area contributed by atoms with Crippen LogP contribution in [0.1, 0.15) is 29.6 Å². The molecule has 1 amide bonds. The number of pyridine rings is 1. The van der Waals surface area contributed by atoms with Gasteiger partial charge in [0.1, 0.15) is 0 Å². The second-order valence-electron chi connectivity index (χ2n) is 5.87. The van der Waals surface area contributed by atoms with Crippen molar-refractivity contribution in [2.75, 3.05) is 24.6 Å². The lowest BCUT2D eigenvalue weighted by Crippen LogP contribution is -2.27. The summed E-state index contributed by atoms with van der Waals surface area (Å²) in [5, 5.41) is 1.79. The second-order valence-corrected chi connectivity index (χ2v) is 8.52. The molecule has 3 nitrogen and oxygen atoms in total. The van der Waals surface area contributed by atoms with Gasteiger partial charge in [0.15, 0.2) is 0 Å². The van der Waals surface area contributed by atoms with Gasteiger partial charge in [0.25, 0.3) is 5.91 Å². The number of thioether (sulfide) groups is 2. The minimum absolute atomic E-state index is 0.109. The maximum Gasteiger partial charge on any atom is 0.255 e. The predicted octanol–water partition coefficient (Wildman–Crippen LogP) is 5.25. The molecule has 0 spiro atoms. The first-order valence-electron chi connectivity index (χ1n) is 8.49. The highest BCUT2D eigenvalue weighted by atomic mass is 35.5. The Morgan fingerprint density at radius 3 is 2.56 bits per heavy atom. The molecule has 3 rings (SSSR count). The third-order valence-corrected chi connectivity index (χ3v) is 6.64. The van der Waals surface area contributed by atoms with Crippen molar-refractivity contribution in [2.24, 2.45) is 0 Å². The smallest absolute Gasteiger partial charge is 0.255 e. The van der Waals surface area contributed by atoms with E-state index in [-0.39, 0.29) is 5.91 Å². The zero-order valence-electron chi connectivity index (χ0n) is 14.0. The van der Waals surface area contributed by atoms with Crippen LogP contribution in [-0.4, -0.2) is 40.4 Å². The molecule has 132 valence electrons. The lowest BCUT2D eigenvalue weighted by molar-refractivity contribution is 0.0792. The van der Waals surface area contributed by atoms with Gasteiger partial charge in [0.2, 0.25) is 0 Å². The average Bonchev–Trinajstić information content (AvgIpc) is 3.17. The Morgan fingerprint density at radius 2 is 1.84 bits per heavy atom. The van der Waals surface area contributed by atoms with Crippen LogP contribution < -0.4 is 0 Å². The van der Waals surface area contributed by atoms with Crippen molar-refractivity contribution in [1.29, 1.82) is 0 Å². The Kier molecular flexibility index (Phi) is 7.08. The van der Waals surface area contributed by atoms with Gasteiger partial charge in [-0.2, -0.15) is 0 Å². The average molecular weight is 393 g/mol.